The summed E-state index contributed by atoms with van der Waals surface area (Å²) in [7, 11) is 0. The first kappa shape index (κ1) is 38.9. The van der Waals surface area contributed by atoms with Crippen molar-refractivity contribution in [3.63, 3.8) is 0 Å². The van der Waals surface area contributed by atoms with Crippen LogP contribution in [0.1, 0.15) is 92.3 Å². The summed E-state index contributed by atoms with van der Waals surface area (Å²) in [6.45, 7) is 18.5. The van der Waals surface area contributed by atoms with E-state index in [0.717, 1.165) is 76.3 Å². The molecule has 6 nitrogen and oxygen atoms in total. The predicted molar refractivity (Wildman–Crippen MR) is 203 cm³/mol. The molecule has 0 amide bonds. The Morgan fingerprint density at radius 2 is 1.58 bits per heavy atom. The fourth-order valence-corrected chi connectivity index (χ4v) is 6.36. The van der Waals surface area contributed by atoms with Crippen LogP contribution in [0, 0.1) is 29.7 Å². The Kier molecular flexibility index (Phi) is 12.4. The number of nitrogens with zero attached hydrogens (tertiary/aromatic N) is 3. The second kappa shape index (κ2) is 16.0. The predicted octanol–water partition coefficient (Wildman–Crippen LogP) is 11.7. The van der Waals surface area contributed by atoms with Gasteiger partial charge in [0.05, 0.1) is 11.1 Å². The molecule has 0 aliphatic rings. The average Bonchev–Trinajstić information content (AvgIpc) is 3.48. The van der Waals surface area contributed by atoms with Crippen molar-refractivity contribution in [1.82, 2.24) is 15.0 Å². The number of aryl methyl sites for hydroxylation is 1. The van der Waals surface area contributed by atoms with E-state index in [1.807, 2.05) is 66.7 Å². The molecule has 3 heterocycles. The van der Waals surface area contributed by atoms with Gasteiger partial charge in [-0.05, 0) is 73.4 Å². The van der Waals surface area contributed by atoms with Crippen LogP contribution in [0.5, 0.6) is 0 Å². The van der Waals surface area contributed by atoms with Gasteiger partial charge in [-0.25, -0.2) is 9.97 Å². The first-order valence-corrected chi connectivity index (χ1v) is 17.7. The van der Waals surface area contributed by atoms with Crippen LogP contribution in [-0.2, 0) is 31.3 Å². The van der Waals surface area contributed by atoms with Crippen molar-refractivity contribution in [2.45, 2.75) is 94.4 Å². The summed E-state index contributed by atoms with van der Waals surface area (Å²) in [5, 5.41) is 15.6. The molecule has 0 saturated heterocycles. The van der Waals surface area contributed by atoms with E-state index in [2.05, 4.69) is 66.3 Å². The van der Waals surface area contributed by atoms with Gasteiger partial charge < -0.3 is 9.52 Å². The van der Waals surface area contributed by atoms with Gasteiger partial charge in [0.15, 0.2) is 5.78 Å². The monoisotopic (exact) mass is 849 g/mol. The number of rotatable bonds is 10. The number of hydrogen-bond donors (Lipinski definition) is 1. The molecule has 1 radical (unpaired) electrons. The third-order valence-corrected chi connectivity index (χ3v) is 10.6. The van der Waals surface area contributed by atoms with Crippen LogP contribution in [-0.4, -0.2) is 25.8 Å². The van der Waals surface area contributed by atoms with E-state index in [9.17, 15) is 9.90 Å². The van der Waals surface area contributed by atoms with Crippen molar-refractivity contribution < 1.29 is 34.4 Å². The van der Waals surface area contributed by atoms with E-state index in [1.165, 1.54) is 22.4 Å². The summed E-state index contributed by atoms with van der Waals surface area (Å²) in [6.07, 6.45) is 7.41. The maximum absolute atomic E-state index is 12.2. The molecule has 0 spiro atoms. The number of carbonyl (C=O) groups is 1. The molecule has 50 heavy (non-hydrogen) atoms. The van der Waals surface area contributed by atoms with E-state index in [-0.39, 0.29) is 42.5 Å². The second-order valence-electron chi connectivity index (χ2n) is 14.2. The largest absolute Gasteiger partial charge is 0.512 e. The van der Waals surface area contributed by atoms with Crippen LogP contribution < -0.4 is 0 Å². The molecule has 0 aliphatic heterocycles. The Bertz CT molecular complexity index is 2160. The fraction of sp³-hybridized carbons (Fsp3) is 0.395. The number of aliphatic hydroxyl groups excluding tert-OH is 1. The minimum Gasteiger partial charge on any atom is -0.512 e. The van der Waals surface area contributed by atoms with Crippen molar-refractivity contribution in [2.24, 2.45) is 16.7 Å². The molecule has 6 aromatic rings. The van der Waals surface area contributed by atoms with Gasteiger partial charge in [-0.3, -0.25) is 9.78 Å². The number of benzene rings is 3. The summed E-state index contributed by atoms with van der Waals surface area (Å²) in [6, 6.07) is 22.2. The van der Waals surface area contributed by atoms with Gasteiger partial charge in [-0.15, -0.1) is 18.2 Å². The standard InChI is InChI=1S/C28H22N3O.C15H28O2.Ir/c1-16(2)14-19-7-4-6-18-11-13-22-25(29-15-30-26(22)24(18)19)23-9-5-8-20-21-12-10-17(3)31-28(21)32-27(20)23;1-7-14(5,8-2)12(16)11-13(17)15(6,9-3)10-4;/h4-8,10-13,15-16H,14H2,1-3H3;11,16H,7-10H2,1-6H3;/q-1;;/b;12-11-;. The quantitative estimate of drug-likeness (QED) is 0.0639. The Hall–Kier alpha value is -3.93. The van der Waals surface area contributed by atoms with Crippen molar-refractivity contribution in [3.8, 4) is 11.3 Å². The third-order valence-electron chi connectivity index (χ3n) is 10.6. The number of furan rings is 1. The zero-order chi connectivity index (χ0) is 35.5. The molecule has 1 N–H and O–H groups in total. The number of hydrogen-bond acceptors (Lipinski definition) is 6. The van der Waals surface area contributed by atoms with E-state index >= 15 is 0 Å². The van der Waals surface area contributed by atoms with Crippen LogP contribution >= 0.6 is 0 Å². The van der Waals surface area contributed by atoms with Crippen LogP contribution in [0.4, 0.5) is 0 Å². The number of aliphatic hydroxyl groups is 1. The van der Waals surface area contributed by atoms with Gasteiger partial charge in [-0.1, -0.05) is 96.7 Å². The number of fused-ring (bicyclic) bond motifs is 6. The Balaban J connectivity index is 0.000000269. The van der Waals surface area contributed by atoms with E-state index in [0.29, 0.717) is 11.6 Å². The van der Waals surface area contributed by atoms with Crippen LogP contribution in [0.25, 0.3) is 55.0 Å². The van der Waals surface area contributed by atoms with Crippen molar-refractivity contribution in [2.75, 3.05) is 0 Å². The summed E-state index contributed by atoms with van der Waals surface area (Å²) in [4.78, 5) is 26.2. The minimum atomic E-state index is -0.337. The number of carbonyl (C=O) groups excluding carboxylic acids is 1. The molecule has 3 aromatic heterocycles. The summed E-state index contributed by atoms with van der Waals surface area (Å²) < 4.78 is 6.23. The normalized spacial score (nSPS) is 12.4. The van der Waals surface area contributed by atoms with Gasteiger partial charge >= 0.3 is 0 Å². The third kappa shape index (κ3) is 7.55. The van der Waals surface area contributed by atoms with Crippen LogP contribution in [0.2, 0.25) is 0 Å². The first-order valence-electron chi connectivity index (χ1n) is 17.7. The summed E-state index contributed by atoms with van der Waals surface area (Å²) >= 11 is 0. The molecule has 6 rings (SSSR count). The maximum Gasteiger partial charge on any atom is 0.216 e. The number of ketones is 1. The molecule has 0 unspecified atom stereocenters. The van der Waals surface area contributed by atoms with Gasteiger partial charge in [0.2, 0.25) is 5.71 Å². The fourth-order valence-electron chi connectivity index (χ4n) is 6.36. The summed E-state index contributed by atoms with van der Waals surface area (Å²) in [5.74, 6) is 0.847. The molecule has 0 fully saturated rings. The zero-order valence-electron chi connectivity index (χ0n) is 30.9. The maximum atomic E-state index is 12.2. The van der Waals surface area contributed by atoms with Crippen LogP contribution in [0.3, 0.4) is 0 Å². The Morgan fingerprint density at radius 1 is 0.900 bits per heavy atom. The molecule has 3 aromatic carbocycles. The van der Waals surface area contributed by atoms with Crippen molar-refractivity contribution >= 4 is 49.5 Å². The topological polar surface area (TPSA) is 89.1 Å². The van der Waals surface area contributed by atoms with E-state index in [1.54, 1.807) is 6.33 Å². The molecule has 7 heteroatoms. The second-order valence-corrected chi connectivity index (χ2v) is 14.2. The first-order chi connectivity index (χ1) is 23.4. The minimum absolute atomic E-state index is 0. The molecule has 0 bridgehead atoms. The molecular weight excluding hydrogens is 799 g/mol. The van der Waals surface area contributed by atoms with E-state index < -0.39 is 0 Å². The van der Waals surface area contributed by atoms with Gasteiger partial charge in [0.1, 0.15) is 12.1 Å². The number of aromatic nitrogens is 3. The Morgan fingerprint density at radius 3 is 2.24 bits per heavy atom. The molecule has 0 atom stereocenters. The summed E-state index contributed by atoms with van der Waals surface area (Å²) in [5.41, 5.74) is 5.69. The van der Waals surface area contributed by atoms with E-state index in [4.69, 9.17) is 9.40 Å². The Labute approximate surface area is 310 Å². The van der Waals surface area contributed by atoms with Crippen molar-refractivity contribution in [3.05, 3.63) is 90.1 Å². The molecular formula is C43H50IrN3O3-. The molecule has 265 valence electrons. The van der Waals surface area contributed by atoms with Crippen molar-refractivity contribution in [1.29, 1.82) is 0 Å². The van der Waals surface area contributed by atoms with Gasteiger partial charge in [-0.2, -0.15) is 0 Å². The van der Waals surface area contributed by atoms with Gasteiger partial charge in [0, 0.05) is 59.2 Å². The SMILES string of the molecule is CCC(C)(CC)C(=O)/C=C(\O)C(C)(CC)CC.Cc1ccc2c(n1)oc1c(-c3ncnc4c3ccc3cccc(CC(C)C)c34)[c-]ccc12.[Ir]. The van der Waals surface area contributed by atoms with Crippen LogP contribution in [0.15, 0.2) is 77.2 Å². The molecule has 0 aliphatic carbocycles. The average molecular weight is 849 g/mol. The van der Waals surface area contributed by atoms with Gasteiger partial charge in [0.25, 0.3) is 0 Å². The molecule has 0 saturated carbocycles. The number of pyridine rings is 1. The smallest absolute Gasteiger partial charge is 0.216 e. The zero-order valence-corrected chi connectivity index (χ0v) is 33.3. The number of allylic oxidation sites excluding steroid dienone is 2.